The van der Waals surface area contributed by atoms with Gasteiger partial charge < -0.3 is 24.6 Å². The summed E-state index contributed by atoms with van der Waals surface area (Å²) in [5, 5.41) is 3.33. The number of amides is 2. The molecule has 0 bridgehead atoms. The van der Waals surface area contributed by atoms with E-state index in [2.05, 4.69) is 5.32 Å². The molecule has 0 aromatic carbocycles. The Morgan fingerprint density at radius 2 is 1.61 bits per heavy atom. The van der Waals surface area contributed by atoms with Crippen molar-refractivity contribution in [1.29, 1.82) is 0 Å². The third-order valence-electron chi connectivity index (χ3n) is 6.49. The van der Waals surface area contributed by atoms with E-state index in [0.29, 0.717) is 32.7 Å². The molecule has 0 aromatic rings. The van der Waals surface area contributed by atoms with E-state index in [0.717, 1.165) is 51.9 Å². The van der Waals surface area contributed by atoms with Crippen LogP contribution in [0.5, 0.6) is 0 Å². The van der Waals surface area contributed by atoms with Crippen molar-refractivity contribution in [3.63, 3.8) is 0 Å². The standard InChI is InChI=1S/C21H37N3O4/c1-3-23(14-17-7-5-11-27-17)19(25)13-21(9-10-22-16-21)20(26)24(4-2)15-18-8-6-12-28-18/h17-18,22H,3-16H2,1-2H3. The van der Waals surface area contributed by atoms with Gasteiger partial charge in [-0.25, -0.2) is 0 Å². The average molecular weight is 396 g/mol. The number of carbonyl (C=O) groups excluding carboxylic acids is 2. The Balaban J connectivity index is 1.65. The molecule has 0 radical (unpaired) electrons. The minimum absolute atomic E-state index is 0.0724. The third-order valence-corrected chi connectivity index (χ3v) is 6.49. The first-order chi connectivity index (χ1) is 13.6. The van der Waals surface area contributed by atoms with Crippen LogP contribution in [0.25, 0.3) is 0 Å². The second-order valence-corrected chi connectivity index (χ2v) is 8.43. The van der Waals surface area contributed by atoms with Crippen molar-refractivity contribution in [3.05, 3.63) is 0 Å². The van der Waals surface area contributed by atoms with Crippen molar-refractivity contribution in [1.82, 2.24) is 15.1 Å². The fraction of sp³-hybridized carbons (Fsp3) is 0.905. The van der Waals surface area contributed by atoms with E-state index in [1.807, 2.05) is 23.6 Å². The largest absolute Gasteiger partial charge is 0.376 e. The molecule has 0 spiro atoms. The van der Waals surface area contributed by atoms with Crippen LogP contribution in [0.2, 0.25) is 0 Å². The summed E-state index contributed by atoms with van der Waals surface area (Å²) in [5.41, 5.74) is -0.629. The summed E-state index contributed by atoms with van der Waals surface area (Å²) in [5.74, 6) is 0.181. The molecule has 0 saturated carbocycles. The van der Waals surface area contributed by atoms with Gasteiger partial charge in [0.25, 0.3) is 0 Å². The highest BCUT2D eigenvalue weighted by Gasteiger charge is 2.46. The predicted octanol–water partition coefficient (Wildman–Crippen LogP) is 1.41. The van der Waals surface area contributed by atoms with Gasteiger partial charge in [0.1, 0.15) is 0 Å². The number of nitrogens with zero attached hydrogens (tertiary/aromatic N) is 2. The molecule has 3 rings (SSSR count). The summed E-state index contributed by atoms with van der Waals surface area (Å²) in [4.78, 5) is 30.4. The highest BCUT2D eigenvalue weighted by atomic mass is 16.5. The van der Waals surface area contributed by atoms with Gasteiger partial charge in [0.2, 0.25) is 11.8 Å². The van der Waals surface area contributed by atoms with E-state index in [9.17, 15) is 9.59 Å². The smallest absolute Gasteiger partial charge is 0.230 e. The highest BCUT2D eigenvalue weighted by Crippen LogP contribution is 2.33. The van der Waals surface area contributed by atoms with Crippen molar-refractivity contribution >= 4 is 11.8 Å². The second-order valence-electron chi connectivity index (χ2n) is 8.43. The second kappa shape index (κ2) is 10.0. The Labute approximate surface area is 169 Å². The zero-order valence-electron chi connectivity index (χ0n) is 17.6. The zero-order chi connectivity index (χ0) is 20.0. The number of ether oxygens (including phenoxy) is 2. The molecule has 0 aromatic heterocycles. The molecule has 3 heterocycles. The number of rotatable bonds is 9. The molecule has 3 unspecified atom stereocenters. The Hall–Kier alpha value is -1.18. The van der Waals surface area contributed by atoms with Crippen LogP contribution in [-0.2, 0) is 19.1 Å². The number of hydrogen-bond acceptors (Lipinski definition) is 5. The van der Waals surface area contributed by atoms with Crippen molar-refractivity contribution in [2.75, 3.05) is 52.5 Å². The maximum absolute atomic E-state index is 13.5. The summed E-state index contributed by atoms with van der Waals surface area (Å²) in [6.07, 6.45) is 5.44. The van der Waals surface area contributed by atoms with Crippen LogP contribution >= 0.6 is 0 Å². The lowest BCUT2D eigenvalue weighted by atomic mass is 9.81. The van der Waals surface area contributed by atoms with Crippen molar-refractivity contribution in [2.24, 2.45) is 5.41 Å². The minimum atomic E-state index is -0.629. The summed E-state index contributed by atoms with van der Waals surface area (Å²) >= 11 is 0. The van der Waals surface area contributed by atoms with Crippen molar-refractivity contribution < 1.29 is 19.1 Å². The Morgan fingerprint density at radius 1 is 1.00 bits per heavy atom. The zero-order valence-corrected chi connectivity index (χ0v) is 17.6. The molecule has 2 amide bonds. The van der Waals surface area contributed by atoms with Gasteiger partial charge in [0.15, 0.2) is 0 Å². The molecule has 160 valence electrons. The van der Waals surface area contributed by atoms with Gasteiger partial charge in [-0.3, -0.25) is 9.59 Å². The van der Waals surface area contributed by atoms with Gasteiger partial charge in [-0.2, -0.15) is 0 Å². The van der Waals surface area contributed by atoms with Crippen LogP contribution in [0.4, 0.5) is 0 Å². The van der Waals surface area contributed by atoms with Gasteiger partial charge in [-0.15, -0.1) is 0 Å². The first kappa shape index (κ1) is 21.5. The molecule has 3 saturated heterocycles. The number of likely N-dealkylation sites (N-methyl/N-ethyl adjacent to an activating group) is 2. The minimum Gasteiger partial charge on any atom is -0.376 e. The van der Waals surface area contributed by atoms with Gasteiger partial charge in [-0.05, 0) is 52.5 Å². The van der Waals surface area contributed by atoms with Crippen LogP contribution in [-0.4, -0.2) is 86.3 Å². The Morgan fingerprint density at radius 3 is 2.07 bits per heavy atom. The van der Waals surface area contributed by atoms with Crippen molar-refractivity contribution in [3.8, 4) is 0 Å². The SMILES string of the molecule is CCN(CC1CCCO1)C(=O)CC1(C(=O)N(CC)CC2CCCO2)CCNC1. The molecule has 1 N–H and O–H groups in total. The molecule has 7 nitrogen and oxygen atoms in total. The van der Waals surface area contributed by atoms with Gasteiger partial charge in [-0.1, -0.05) is 0 Å². The van der Waals surface area contributed by atoms with E-state index >= 15 is 0 Å². The van der Waals surface area contributed by atoms with Gasteiger partial charge >= 0.3 is 0 Å². The Bertz CT molecular complexity index is 524. The fourth-order valence-corrected chi connectivity index (χ4v) is 4.72. The van der Waals surface area contributed by atoms with Gasteiger partial charge in [0, 0.05) is 52.4 Å². The third kappa shape index (κ3) is 5.05. The van der Waals surface area contributed by atoms with E-state index in [1.165, 1.54) is 0 Å². The molecule has 3 aliphatic rings. The maximum atomic E-state index is 13.5. The fourth-order valence-electron chi connectivity index (χ4n) is 4.72. The van der Waals surface area contributed by atoms with E-state index in [-0.39, 0.29) is 30.4 Å². The Kier molecular flexibility index (Phi) is 7.71. The molecule has 3 aliphatic heterocycles. The molecular weight excluding hydrogens is 358 g/mol. The highest BCUT2D eigenvalue weighted by molar-refractivity contribution is 5.89. The molecule has 7 heteroatoms. The van der Waals surface area contributed by atoms with Crippen molar-refractivity contribution in [2.45, 2.75) is 64.6 Å². The quantitative estimate of drug-likeness (QED) is 0.639. The van der Waals surface area contributed by atoms with Crippen LogP contribution in [0.1, 0.15) is 52.4 Å². The number of nitrogens with one attached hydrogen (secondary N) is 1. The summed E-state index contributed by atoms with van der Waals surface area (Å²) in [7, 11) is 0. The van der Waals surface area contributed by atoms with E-state index in [1.54, 1.807) is 0 Å². The first-order valence-corrected chi connectivity index (χ1v) is 11.1. The lowest BCUT2D eigenvalue weighted by Crippen LogP contribution is -2.50. The number of hydrogen-bond donors (Lipinski definition) is 1. The molecular formula is C21H37N3O4. The van der Waals surface area contributed by atoms with Gasteiger partial charge in [0.05, 0.1) is 17.6 Å². The van der Waals surface area contributed by atoms with Crippen LogP contribution in [0.3, 0.4) is 0 Å². The van der Waals surface area contributed by atoms with Crippen LogP contribution in [0, 0.1) is 5.41 Å². The van der Waals surface area contributed by atoms with E-state index < -0.39 is 5.41 Å². The average Bonchev–Trinajstić information content (AvgIpc) is 3.47. The first-order valence-electron chi connectivity index (χ1n) is 11.1. The van der Waals surface area contributed by atoms with Crippen LogP contribution in [0.15, 0.2) is 0 Å². The molecule has 28 heavy (non-hydrogen) atoms. The maximum Gasteiger partial charge on any atom is 0.230 e. The summed E-state index contributed by atoms with van der Waals surface area (Å²) in [6.45, 7) is 9.55. The lowest BCUT2D eigenvalue weighted by Gasteiger charge is -2.35. The molecule has 0 aliphatic carbocycles. The lowest BCUT2D eigenvalue weighted by molar-refractivity contribution is -0.148. The summed E-state index contributed by atoms with van der Waals surface area (Å²) < 4.78 is 11.5. The predicted molar refractivity (Wildman–Crippen MR) is 107 cm³/mol. The molecule has 3 atom stereocenters. The molecule has 3 fully saturated rings. The monoisotopic (exact) mass is 395 g/mol. The normalized spacial score (nSPS) is 29.9. The summed E-state index contributed by atoms with van der Waals surface area (Å²) in [6, 6.07) is 0. The topological polar surface area (TPSA) is 71.1 Å². The number of carbonyl (C=O) groups is 2. The van der Waals surface area contributed by atoms with Crippen LogP contribution < -0.4 is 5.32 Å². The van der Waals surface area contributed by atoms with E-state index in [4.69, 9.17) is 9.47 Å².